The van der Waals surface area contributed by atoms with Crippen LogP contribution in [0, 0.1) is 0 Å². The third-order valence-corrected chi connectivity index (χ3v) is 4.12. The fourth-order valence-corrected chi connectivity index (χ4v) is 2.83. The summed E-state index contributed by atoms with van der Waals surface area (Å²) in [5.41, 5.74) is 1.55. The summed E-state index contributed by atoms with van der Waals surface area (Å²) in [7, 11) is 0. The van der Waals surface area contributed by atoms with Crippen molar-refractivity contribution in [2.24, 2.45) is 0 Å². The number of hydrogen-bond donors (Lipinski definition) is 1. The van der Waals surface area contributed by atoms with Crippen LogP contribution in [0.15, 0.2) is 54.9 Å². The molecule has 2 amide bonds. The van der Waals surface area contributed by atoms with Crippen molar-refractivity contribution in [1.82, 2.24) is 10.3 Å². The molecule has 1 aromatic heterocycles. The minimum Gasteiger partial charge on any atom is -0.341 e. The van der Waals surface area contributed by atoms with Gasteiger partial charge in [0.05, 0.1) is 10.7 Å². The zero-order chi connectivity index (χ0) is 16.9. The number of carbonyl (C=O) groups excluding carboxylic acids is 2. The van der Waals surface area contributed by atoms with E-state index in [1.165, 1.54) is 6.08 Å². The third kappa shape index (κ3) is 3.63. The first-order valence-electron chi connectivity index (χ1n) is 7.59. The molecule has 0 spiro atoms. The van der Waals surface area contributed by atoms with Crippen LogP contribution < -0.4 is 10.2 Å². The molecular weight excluding hydrogens is 326 g/mol. The molecule has 1 fully saturated rings. The molecule has 5 nitrogen and oxygen atoms in total. The molecule has 1 saturated heterocycles. The second-order valence-electron chi connectivity index (χ2n) is 5.41. The Morgan fingerprint density at radius 1 is 1.25 bits per heavy atom. The number of benzene rings is 1. The molecule has 1 aliphatic rings. The predicted molar refractivity (Wildman–Crippen MR) is 93.6 cm³/mol. The van der Waals surface area contributed by atoms with Crippen molar-refractivity contribution >= 4 is 35.2 Å². The van der Waals surface area contributed by atoms with Gasteiger partial charge in [-0.05, 0) is 42.3 Å². The van der Waals surface area contributed by atoms with Crippen LogP contribution in [0.2, 0.25) is 5.02 Å². The van der Waals surface area contributed by atoms with Gasteiger partial charge in [0.2, 0.25) is 11.8 Å². The van der Waals surface area contributed by atoms with Crippen LogP contribution in [-0.2, 0) is 9.59 Å². The molecule has 6 heteroatoms. The van der Waals surface area contributed by atoms with Crippen molar-refractivity contribution in [3.05, 3.63) is 65.5 Å². The molecule has 3 rings (SSSR count). The highest BCUT2D eigenvalue weighted by molar-refractivity contribution is 6.34. The van der Waals surface area contributed by atoms with Gasteiger partial charge in [-0.1, -0.05) is 23.7 Å². The lowest BCUT2D eigenvalue weighted by Crippen LogP contribution is -2.40. The minimum atomic E-state index is -0.532. The fraction of sp³-hybridized carbons (Fsp3) is 0.167. The minimum absolute atomic E-state index is 0.145. The van der Waals surface area contributed by atoms with Gasteiger partial charge in [-0.3, -0.25) is 14.6 Å². The normalized spacial score (nSPS) is 17.5. The van der Waals surface area contributed by atoms with Gasteiger partial charge in [0.1, 0.15) is 6.04 Å². The van der Waals surface area contributed by atoms with E-state index >= 15 is 0 Å². The van der Waals surface area contributed by atoms with E-state index in [2.05, 4.69) is 10.3 Å². The first-order chi connectivity index (χ1) is 11.6. The smallest absolute Gasteiger partial charge is 0.249 e. The second kappa shape index (κ2) is 7.27. The number of para-hydroxylation sites is 1. The first-order valence-corrected chi connectivity index (χ1v) is 7.97. The Labute approximate surface area is 145 Å². The second-order valence-corrected chi connectivity index (χ2v) is 5.81. The van der Waals surface area contributed by atoms with Gasteiger partial charge in [0.25, 0.3) is 0 Å². The highest BCUT2D eigenvalue weighted by atomic mass is 35.5. The van der Waals surface area contributed by atoms with Crippen molar-refractivity contribution in [2.45, 2.75) is 12.5 Å². The Hall–Kier alpha value is -2.66. The lowest BCUT2D eigenvalue weighted by molar-refractivity contribution is -0.123. The van der Waals surface area contributed by atoms with Gasteiger partial charge in [-0.15, -0.1) is 0 Å². The Morgan fingerprint density at radius 2 is 2.00 bits per heavy atom. The molecule has 0 radical (unpaired) electrons. The van der Waals surface area contributed by atoms with Crippen LogP contribution in [0.1, 0.15) is 12.0 Å². The summed E-state index contributed by atoms with van der Waals surface area (Å²) in [6, 6.07) is 10.2. The zero-order valence-electron chi connectivity index (χ0n) is 12.9. The Balaban J connectivity index is 1.63. The molecule has 24 heavy (non-hydrogen) atoms. The summed E-state index contributed by atoms with van der Waals surface area (Å²) in [6.45, 7) is 0.529. The summed E-state index contributed by atoms with van der Waals surface area (Å²) < 4.78 is 0. The van der Waals surface area contributed by atoms with Gasteiger partial charge >= 0.3 is 0 Å². The largest absolute Gasteiger partial charge is 0.341 e. The number of nitrogens with one attached hydrogen (secondary N) is 1. The number of halogens is 1. The maximum absolute atomic E-state index is 12.5. The summed E-state index contributed by atoms with van der Waals surface area (Å²) in [4.78, 5) is 30.0. The van der Waals surface area contributed by atoms with Crippen LogP contribution >= 0.6 is 11.6 Å². The molecule has 0 aliphatic carbocycles. The Kier molecular flexibility index (Phi) is 4.91. The van der Waals surface area contributed by atoms with Gasteiger partial charge in [0.15, 0.2) is 0 Å². The molecule has 2 aromatic rings. The number of carbonyl (C=O) groups is 2. The van der Waals surface area contributed by atoms with Gasteiger partial charge in [-0.25, -0.2) is 0 Å². The van der Waals surface area contributed by atoms with E-state index < -0.39 is 6.04 Å². The van der Waals surface area contributed by atoms with E-state index in [4.69, 9.17) is 11.6 Å². The number of rotatable bonds is 4. The third-order valence-electron chi connectivity index (χ3n) is 3.80. The average Bonchev–Trinajstić information content (AvgIpc) is 2.95. The quantitative estimate of drug-likeness (QED) is 0.870. The molecule has 1 atom stereocenters. The molecule has 0 bridgehead atoms. The molecule has 1 unspecified atom stereocenters. The molecule has 1 aliphatic heterocycles. The predicted octanol–water partition coefficient (Wildman–Crippen LogP) is 2.67. The summed E-state index contributed by atoms with van der Waals surface area (Å²) >= 11 is 6.14. The van der Waals surface area contributed by atoms with Crippen LogP contribution in [0.5, 0.6) is 0 Å². The summed E-state index contributed by atoms with van der Waals surface area (Å²) in [5.74, 6) is -0.445. The van der Waals surface area contributed by atoms with Crippen LogP contribution in [-0.4, -0.2) is 29.4 Å². The van der Waals surface area contributed by atoms with E-state index in [-0.39, 0.29) is 11.8 Å². The SMILES string of the molecule is O=C(C=Cc1ccncc1)NC1CCN(c2ccccc2Cl)C1=O. The van der Waals surface area contributed by atoms with E-state index in [9.17, 15) is 9.59 Å². The monoisotopic (exact) mass is 341 g/mol. The molecular formula is C18H16ClN3O2. The number of aromatic nitrogens is 1. The van der Waals surface area contributed by atoms with Crippen molar-refractivity contribution < 1.29 is 9.59 Å². The molecule has 0 saturated carbocycles. The lowest BCUT2D eigenvalue weighted by Gasteiger charge is -2.18. The van der Waals surface area contributed by atoms with Crippen molar-refractivity contribution in [1.29, 1.82) is 0 Å². The molecule has 1 N–H and O–H groups in total. The highest BCUT2D eigenvalue weighted by Gasteiger charge is 2.33. The summed E-state index contributed by atoms with van der Waals surface area (Å²) in [6.07, 6.45) is 6.96. The summed E-state index contributed by atoms with van der Waals surface area (Å²) in [5, 5.41) is 3.27. The molecule has 2 heterocycles. The Morgan fingerprint density at radius 3 is 2.75 bits per heavy atom. The maximum atomic E-state index is 12.5. The highest BCUT2D eigenvalue weighted by Crippen LogP contribution is 2.28. The average molecular weight is 342 g/mol. The van der Waals surface area contributed by atoms with E-state index in [0.717, 1.165) is 5.56 Å². The first kappa shape index (κ1) is 16.2. The lowest BCUT2D eigenvalue weighted by atomic mass is 10.2. The number of pyridine rings is 1. The topological polar surface area (TPSA) is 62.3 Å². The van der Waals surface area contributed by atoms with Crippen LogP contribution in [0.3, 0.4) is 0 Å². The number of anilines is 1. The standard InChI is InChI=1S/C18H16ClN3O2/c19-14-3-1-2-4-16(14)22-12-9-15(18(22)24)21-17(23)6-5-13-7-10-20-11-8-13/h1-8,10-11,15H,9,12H2,(H,21,23). The molecule has 1 aromatic carbocycles. The van der Waals surface area contributed by atoms with E-state index in [0.29, 0.717) is 23.7 Å². The number of amides is 2. The van der Waals surface area contributed by atoms with Crippen molar-refractivity contribution in [3.8, 4) is 0 Å². The van der Waals surface area contributed by atoms with Gasteiger partial charge in [-0.2, -0.15) is 0 Å². The van der Waals surface area contributed by atoms with E-state index in [1.54, 1.807) is 47.6 Å². The van der Waals surface area contributed by atoms with Crippen molar-refractivity contribution in [2.75, 3.05) is 11.4 Å². The van der Waals surface area contributed by atoms with Gasteiger partial charge < -0.3 is 10.2 Å². The van der Waals surface area contributed by atoms with Crippen LogP contribution in [0.4, 0.5) is 5.69 Å². The zero-order valence-corrected chi connectivity index (χ0v) is 13.6. The number of nitrogens with zero attached hydrogens (tertiary/aromatic N) is 2. The van der Waals surface area contributed by atoms with Crippen molar-refractivity contribution in [3.63, 3.8) is 0 Å². The van der Waals surface area contributed by atoms with Gasteiger partial charge in [0, 0.05) is 25.0 Å². The Bertz CT molecular complexity index is 777. The van der Waals surface area contributed by atoms with Crippen LogP contribution in [0.25, 0.3) is 6.08 Å². The fourth-order valence-electron chi connectivity index (χ4n) is 2.59. The van der Waals surface area contributed by atoms with E-state index in [1.807, 2.05) is 12.1 Å². The molecule has 122 valence electrons. The maximum Gasteiger partial charge on any atom is 0.249 e. The number of hydrogen-bond acceptors (Lipinski definition) is 3.